The van der Waals surface area contributed by atoms with Crippen molar-refractivity contribution in [2.45, 2.75) is 14.7 Å². The summed E-state index contributed by atoms with van der Waals surface area (Å²) in [6.07, 6.45) is 0.966. The van der Waals surface area contributed by atoms with E-state index in [1.807, 2.05) is 0 Å². The van der Waals surface area contributed by atoms with E-state index < -0.39 is 51.9 Å². The van der Waals surface area contributed by atoms with Crippen LogP contribution in [0, 0.1) is 0 Å². The van der Waals surface area contributed by atoms with Gasteiger partial charge in [0.1, 0.15) is 22.9 Å². The van der Waals surface area contributed by atoms with E-state index in [0.29, 0.717) is 5.39 Å². The number of rotatable bonds is 14. The van der Waals surface area contributed by atoms with Crippen molar-refractivity contribution in [3.63, 3.8) is 0 Å². The molecule has 0 aliphatic heterocycles. The average Bonchev–Trinajstić information content (AvgIpc) is 3.14. The maximum Gasteiger partial charge on any atom is 0.330 e. The lowest BCUT2D eigenvalue weighted by atomic mass is 10.1. The Hall–Kier alpha value is -6.63. The van der Waals surface area contributed by atoms with E-state index >= 15 is 0 Å². The zero-order valence-corrected chi connectivity index (χ0v) is 31.2. The molecule has 1 heterocycles. The molecule has 294 valence electrons. The Morgan fingerprint density at radius 2 is 1.33 bits per heavy atom. The first kappa shape index (κ1) is 40.0. The summed E-state index contributed by atoms with van der Waals surface area (Å²) in [6.45, 7) is 3.16. The van der Waals surface area contributed by atoms with Crippen LogP contribution >= 0.6 is 0 Å². The van der Waals surface area contributed by atoms with Gasteiger partial charge in [-0.2, -0.15) is 40.2 Å². The van der Waals surface area contributed by atoms with Crippen LogP contribution in [0.4, 0.5) is 40.6 Å². The van der Waals surface area contributed by atoms with Crippen LogP contribution in [0.1, 0.15) is 0 Å². The van der Waals surface area contributed by atoms with E-state index in [1.165, 1.54) is 36.4 Å². The normalized spacial score (nSPS) is 12.1. The zero-order chi connectivity index (χ0) is 41.1. The molecule has 0 saturated carbocycles. The van der Waals surface area contributed by atoms with E-state index in [4.69, 9.17) is 4.74 Å². The van der Waals surface area contributed by atoms with Gasteiger partial charge in [0.25, 0.3) is 30.4 Å². The fourth-order valence-corrected chi connectivity index (χ4v) is 7.19. The number of phenolic OH excluding ortho intramolecular Hbond substituents is 1. The molecule has 6 rings (SSSR count). The van der Waals surface area contributed by atoms with Crippen molar-refractivity contribution in [3.05, 3.63) is 97.6 Å². The van der Waals surface area contributed by atoms with E-state index in [0.717, 1.165) is 30.3 Å². The lowest BCUT2D eigenvalue weighted by Crippen LogP contribution is -2.15. The third kappa shape index (κ3) is 9.43. The van der Waals surface area contributed by atoms with Gasteiger partial charge in [-0.15, -0.1) is 10.2 Å². The molecule has 23 heteroatoms. The number of hydrogen-bond acceptors (Lipinski definition) is 17. The number of fused-ring (bicyclic) bond motifs is 2. The molecular weight excluding hydrogens is 809 g/mol. The van der Waals surface area contributed by atoms with Crippen LogP contribution < -0.4 is 16.0 Å². The Labute approximate surface area is 323 Å². The number of nitrogens with one attached hydrogen (secondary N) is 3. The first-order valence-electron chi connectivity index (χ1n) is 16.0. The molecular formula is C34H28N8O12S3. The van der Waals surface area contributed by atoms with Crippen molar-refractivity contribution in [2.75, 3.05) is 29.1 Å². The van der Waals surface area contributed by atoms with Crippen LogP contribution in [0.5, 0.6) is 5.75 Å². The number of azo groups is 1. The number of benzene rings is 5. The Bertz CT molecular complexity index is 2950. The fraction of sp³-hybridized carbons (Fsp3) is 0.0588. The molecule has 0 saturated heterocycles. The van der Waals surface area contributed by atoms with Gasteiger partial charge in [-0.25, -0.2) is 4.79 Å². The van der Waals surface area contributed by atoms with Gasteiger partial charge in [0.15, 0.2) is 5.75 Å². The van der Waals surface area contributed by atoms with Crippen molar-refractivity contribution in [3.8, 4) is 5.75 Å². The number of esters is 1. The van der Waals surface area contributed by atoms with Crippen molar-refractivity contribution in [2.24, 2.45) is 10.2 Å². The van der Waals surface area contributed by atoms with Gasteiger partial charge in [-0.1, -0.05) is 43.0 Å². The molecule has 1 aromatic heterocycles. The Balaban J connectivity index is 1.43. The second-order valence-corrected chi connectivity index (χ2v) is 15.8. The summed E-state index contributed by atoms with van der Waals surface area (Å²) in [6, 6.07) is 18.6. The summed E-state index contributed by atoms with van der Waals surface area (Å²) in [4.78, 5) is 22.8. The largest absolute Gasteiger partial charge is 0.505 e. The highest BCUT2D eigenvalue weighted by Crippen LogP contribution is 2.42. The SMILES string of the molecule is C=CC(=O)OCCNc1nc(Nc2ccc(S(=O)(=O)O)cc2)nc(Nc2cc(S(=O)(=O)O)cc3ccc(N=Nc4ccc5ccccc5c4S(=O)(=O)O)c(O)c23)n1. The molecule has 0 atom stereocenters. The number of carbonyl (C=O) groups is 1. The van der Waals surface area contributed by atoms with E-state index in [9.17, 15) is 48.8 Å². The topological polar surface area (TPSA) is 309 Å². The fourth-order valence-electron chi connectivity index (χ4n) is 5.33. The molecule has 0 aliphatic carbocycles. The number of aromatic nitrogens is 3. The Kier molecular flexibility index (Phi) is 11.1. The predicted molar refractivity (Wildman–Crippen MR) is 206 cm³/mol. The molecule has 0 spiro atoms. The molecule has 5 aromatic carbocycles. The number of phenols is 1. The zero-order valence-electron chi connectivity index (χ0n) is 28.8. The summed E-state index contributed by atoms with van der Waals surface area (Å²) >= 11 is 0. The Morgan fingerprint density at radius 1 is 0.719 bits per heavy atom. The van der Waals surface area contributed by atoms with Gasteiger partial charge >= 0.3 is 5.97 Å². The summed E-state index contributed by atoms with van der Waals surface area (Å²) in [5.41, 5.74) is -0.435. The molecule has 0 radical (unpaired) electrons. The minimum Gasteiger partial charge on any atom is -0.505 e. The predicted octanol–water partition coefficient (Wildman–Crippen LogP) is 5.67. The van der Waals surface area contributed by atoms with Crippen molar-refractivity contribution in [1.29, 1.82) is 0 Å². The summed E-state index contributed by atoms with van der Waals surface area (Å²) in [5, 5.41) is 28.6. The van der Waals surface area contributed by atoms with Crippen LogP contribution in [0.2, 0.25) is 0 Å². The highest BCUT2D eigenvalue weighted by molar-refractivity contribution is 7.86. The molecule has 0 aliphatic rings. The lowest BCUT2D eigenvalue weighted by Gasteiger charge is -2.15. The van der Waals surface area contributed by atoms with Gasteiger partial charge < -0.3 is 25.8 Å². The van der Waals surface area contributed by atoms with Gasteiger partial charge in [0.05, 0.1) is 22.0 Å². The Morgan fingerprint density at radius 3 is 2.00 bits per heavy atom. The molecule has 7 N–H and O–H groups in total. The first-order valence-corrected chi connectivity index (χ1v) is 20.3. The summed E-state index contributed by atoms with van der Waals surface area (Å²) in [5.74, 6) is -1.87. The van der Waals surface area contributed by atoms with Crippen molar-refractivity contribution < 1.29 is 53.5 Å². The third-order valence-corrected chi connectivity index (χ3v) is 10.5. The number of ether oxygens (including phenoxy) is 1. The third-order valence-electron chi connectivity index (χ3n) is 7.81. The monoisotopic (exact) mass is 836 g/mol. The number of nitrogens with zero attached hydrogens (tertiary/aromatic N) is 5. The number of hydrogen-bond donors (Lipinski definition) is 7. The number of aromatic hydroxyl groups is 1. The van der Waals surface area contributed by atoms with E-state index in [-0.39, 0.29) is 74.8 Å². The standard InChI is InChI=1S/C34H28N8O12S3/c1-2-28(43)54-16-15-35-32-38-33(36-21-9-11-22(12-10-21)55(45,46)47)40-34(39-32)37-27-18-23(56(48,49)50)17-20-8-13-25(30(44)29(20)27)41-42-26-14-7-19-5-3-4-6-24(19)31(26)57(51,52)53/h2-14,17-18,44H,1,15-16H2,(H,45,46,47)(H,48,49,50)(H,51,52,53)(H3,35,36,37,38,39,40). The lowest BCUT2D eigenvalue weighted by molar-refractivity contribution is -0.137. The van der Waals surface area contributed by atoms with Gasteiger partial charge in [0.2, 0.25) is 17.8 Å². The second kappa shape index (κ2) is 15.8. The molecule has 6 aromatic rings. The van der Waals surface area contributed by atoms with E-state index in [1.54, 1.807) is 24.3 Å². The molecule has 0 fully saturated rings. The molecule has 0 amide bonds. The van der Waals surface area contributed by atoms with Gasteiger partial charge in [0, 0.05) is 22.5 Å². The van der Waals surface area contributed by atoms with E-state index in [2.05, 4.69) is 47.7 Å². The maximum atomic E-state index is 12.4. The van der Waals surface area contributed by atoms with Crippen molar-refractivity contribution >= 4 is 98.5 Å². The molecule has 20 nitrogen and oxygen atoms in total. The quantitative estimate of drug-likeness (QED) is 0.0228. The average molecular weight is 837 g/mol. The van der Waals surface area contributed by atoms with Gasteiger partial charge in [-0.3, -0.25) is 13.7 Å². The molecule has 57 heavy (non-hydrogen) atoms. The number of anilines is 5. The number of carbonyl (C=O) groups excluding carboxylic acids is 1. The van der Waals surface area contributed by atoms with Crippen LogP contribution in [-0.2, 0) is 39.9 Å². The highest BCUT2D eigenvalue weighted by Gasteiger charge is 2.22. The maximum absolute atomic E-state index is 12.4. The van der Waals surface area contributed by atoms with Gasteiger partial charge in [-0.05, 0) is 59.3 Å². The first-order chi connectivity index (χ1) is 26.9. The van der Waals surface area contributed by atoms with Crippen LogP contribution in [0.3, 0.4) is 0 Å². The second-order valence-electron chi connectivity index (χ2n) is 11.6. The van der Waals surface area contributed by atoms with Crippen LogP contribution in [-0.4, -0.2) is 78.1 Å². The smallest absolute Gasteiger partial charge is 0.330 e. The van der Waals surface area contributed by atoms with Crippen LogP contribution in [0.25, 0.3) is 21.5 Å². The highest BCUT2D eigenvalue weighted by atomic mass is 32.2. The minimum atomic E-state index is -4.84. The molecule has 0 unspecified atom stereocenters. The summed E-state index contributed by atoms with van der Waals surface area (Å²) in [7, 11) is -14.1. The van der Waals surface area contributed by atoms with Crippen LogP contribution in [0.15, 0.2) is 122 Å². The summed E-state index contributed by atoms with van der Waals surface area (Å²) < 4.78 is 107. The minimum absolute atomic E-state index is 0.0155. The van der Waals surface area contributed by atoms with Crippen molar-refractivity contribution in [1.82, 2.24) is 15.0 Å². The molecule has 0 bridgehead atoms.